The molecule has 5 rings (SSSR count). The summed E-state index contributed by atoms with van der Waals surface area (Å²) in [6.07, 6.45) is -5.21. The lowest BCUT2D eigenvalue weighted by Gasteiger charge is -2.59. The number of esters is 1. The molecule has 13 nitrogen and oxygen atoms in total. The normalized spacial score (nSPS) is 53.3. The number of epoxide rings is 1. The molecular formula is C37H65NO12. The van der Waals surface area contributed by atoms with Gasteiger partial charge in [0.2, 0.25) is 5.79 Å². The molecule has 4 N–H and O–H groups in total. The quantitative estimate of drug-likeness (QED) is 0.234. The maximum Gasteiger partial charge on any atom is 0.317 e. The van der Waals surface area contributed by atoms with Crippen LogP contribution in [0.4, 0.5) is 0 Å². The zero-order chi connectivity index (χ0) is 37.3. The van der Waals surface area contributed by atoms with E-state index in [4.69, 9.17) is 33.2 Å². The van der Waals surface area contributed by atoms with Crippen LogP contribution >= 0.6 is 0 Å². The van der Waals surface area contributed by atoms with Gasteiger partial charge in [-0.05, 0) is 73.8 Å². The lowest BCUT2D eigenvalue weighted by Crippen LogP contribution is -2.73. The molecule has 0 saturated carbocycles. The maximum absolute atomic E-state index is 14.5. The number of cyclic esters (lactones) is 1. The number of nitrogens with zero attached hydrogens (tertiary/aromatic N) is 1. The van der Waals surface area contributed by atoms with Crippen LogP contribution in [0.15, 0.2) is 0 Å². The van der Waals surface area contributed by atoms with Crippen LogP contribution in [0, 0.1) is 23.7 Å². The monoisotopic (exact) mass is 715 g/mol. The highest BCUT2D eigenvalue weighted by Crippen LogP contribution is 2.60. The van der Waals surface area contributed by atoms with Gasteiger partial charge < -0.3 is 58.5 Å². The highest BCUT2D eigenvalue weighted by Gasteiger charge is 2.76. The van der Waals surface area contributed by atoms with Crippen molar-refractivity contribution in [2.45, 2.75) is 191 Å². The fourth-order valence-electron chi connectivity index (χ4n) is 9.53. The summed E-state index contributed by atoms with van der Waals surface area (Å²) in [5, 5.41) is 47.1. The predicted octanol–water partition coefficient (Wildman–Crippen LogP) is 2.72. The number of hydrogen-bond acceptors (Lipinski definition) is 13. The molecule has 1 spiro atoms. The van der Waals surface area contributed by atoms with Crippen molar-refractivity contribution >= 4 is 5.97 Å². The Morgan fingerprint density at radius 3 is 2.26 bits per heavy atom. The number of carbonyl (C=O) groups excluding carboxylic acids is 1. The first-order chi connectivity index (χ1) is 23.1. The Bertz CT molecular complexity index is 1200. The van der Waals surface area contributed by atoms with Crippen molar-refractivity contribution in [3.63, 3.8) is 0 Å². The molecule has 13 heteroatoms. The highest BCUT2D eigenvalue weighted by molar-refractivity contribution is 5.76. The van der Waals surface area contributed by atoms with Crippen LogP contribution in [0.1, 0.15) is 101 Å². The summed E-state index contributed by atoms with van der Waals surface area (Å²) in [6, 6.07) is 0.494. The molecule has 5 fully saturated rings. The first-order valence-electron chi connectivity index (χ1n) is 18.8. The van der Waals surface area contributed by atoms with E-state index >= 15 is 0 Å². The third-order valence-electron chi connectivity index (χ3n) is 12.7. The molecular weight excluding hydrogens is 650 g/mol. The van der Waals surface area contributed by atoms with Gasteiger partial charge in [0.1, 0.15) is 23.7 Å². The molecule has 5 heterocycles. The van der Waals surface area contributed by atoms with Crippen molar-refractivity contribution in [3.8, 4) is 0 Å². The van der Waals surface area contributed by atoms with E-state index < -0.39 is 95.3 Å². The molecule has 0 aromatic heterocycles. The highest BCUT2D eigenvalue weighted by atomic mass is 16.8. The van der Waals surface area contributed by atoms with Crippen LogP contribution in [-0.2, 0) is 38.0 Å². The second-order valence-electron chi connectivity index (χ2n) is 17.0. The molecule has 7 unspecified atom stereocenters. The summed E-state index contributed by atoms with van der Waals surface area (Å²) >= 11 is 0. The van der Waals surface area contributed by atoms with Crippen LogP contribution in [-0.4, -0.2) is 135 Å². The van der Waals surface area contributed by atoms with Gasteiger partial charge in [0, 0.05) is 37.5 Å². The lowest BCUT2D eigenvalue weighted by atomic mass is 9.69. The number of ether oxygens (including phenoxy) is 7. The summed E-state index contributed by atoms with van der Waals surface area (Å²) < 4.78 is 44.1. The van der Waals surface area contributed by atoms with Gasteiger partial charge in [0.05, 0.1) is 48.6 Å². The van der Waals surface area contributed by atoms with E-state index in [0.29, 0.717) is 12.5 Å². The van der Waals surface area contributed by atoms with Gasteiger partial charge in [-0.25, -0.2) is 0 Å². The number of rotatable bonds is 6. The van der Waals surface area contributed by atoms with E-state index in [1.54, 1.807) is 34.8 Å². The molecule has 0 radical (unpaired) electrons. The van der Waals surface area contributed by atoms with Crippen LogP contribution in [0.25, 0.3) is 0 Å². The van der Waals surface area contributed by atoms with Gasteiger partial charge in [-0.15, -0.1) is 0 Å². The number of fused-ring (bicyclic) bond motifs is 3. The van der Waals surface area contributed by atoms with Crippen LogP contribution in [0.3, 0.4) is 0 Å². The standard InChI is InChI=1S/C37H65NO12/c1-13-25-35(10,43)30(40)21(6)28(39)19(4)16-34(9,42)31(47-26-15-24(14-20(5)45-26)38(11)18(2)3)22(7)29-27(33(41)46-25)36(49-29)17-37(44-12)32(50-37)23(8)48-36/h18-32,39-40,42-43H,13-17H2,1-12H3/t19-,20?,21+,22+,23?,24?,25-,26?,27-,28+,29+,30-,31-,32?,34+,35-,36?,37?/m1/s1. The Labute approximate surface area is 298 Å². The largest absolute Gasteiger partial charge is 0.459 e. The van der Waals surface area contributed by atoms with E-state index in [-0.39, 0.29) is 37.5 Å². The summed E-state index contributed by atoms with van der Waals surface area (Å²) in [4.78, 5) is 16.8. The van der Waals surface area contributed by atoms with Crippen molar-refractivity contribution < 1.29 is 58.4 Å². The second-order valence-corrected chi connectivity index (χ2v) is 17.0. The van der Waals surface area contributed by atoms with Gasteiger partial charge in [-0.3, -0.25) is 4.79 Å². The Kier molecular flexibility index (Phi) is 11.5. The Morgan fingerprint density at radius 1 is 1.00 bits per heavy atom. The Hall–Kier alpha value is -0.970. The average Bonchev–Trinajstić information content (AvgIpc) is 3.78. The molecule has 5 aliphatic rings. The topological polar surface area (TPSA) is 169 Å². The van der Waals surface area contributed by atoms with Crippen LogP contribution < -0.4 is 0 Å². The third-order valence-corrected chi connectivity index (χ3v) is 12.7. The summed E-state index contributed by atoms with van der Waals surface area (Å²) in [6.45, 7) is 18.3. The number of methoxy groups -OCH3 is 1. The number of carbonyl (C=O) groups is 1. The van der Waals surface area contributed by atoms with Crippen LogP contribution in [0.2, 0.25) is 0 Å². The van der Waals surface area contributed by atoms with Gasteiger partial charge in [-0.2, -0.15) is 0 Å². The predicted molar refractivity (Wildman–Crippen MR) is 182 cm³/mol. The van der Waals surface area contributed by atoms with Gasteiger partial charge in [0.15, 0.2) is 12.1 Å². The second kappa shape index (κ2) is 14.4. The lowest BCUT2D eigenvalue weighted by molar-refractivity contribution is -0.421. The van der Waals surface area contributed by atoms with Crippen molar-refractivity contribution in [2.75, 3.05) is 14.2 Å². The van der Waals surface area contributed by atoms with Gasteiger partial charge >= 0.3 is 5.97 Å². The van der Waals surface area contributed by atoms with Crippen LogP contribution in [0.5, 0.6) is 0 Å². The number of hydrogen-bond donors (Lipinski definition) is 4. The Morgan fingerprint density at radius 2 is 1.66 bits per heavy atom. The average molecular weight is 716 g/mol. The van der Waals surface area contributed by atoms with Gasteiger partial charge in [-0.1, -0.05) is 27.7 Å². The summed E-state index contributed by atoms with van der Waals surface area (Å²) in [5.74, 6) is -6.12. The minimum atomic E-state index is -1.91. The summed E-state index contributed by atoms with van der Waals surface area (Å²) in [7, 11) is 3.64. The minimum Gasteiger partial charge on any atom is -0.459 e. The number of aliphatic hydroxyl groups is 4. The van der Waals surface area contributed by atoms with E-state index in [1.807, 2.05) is 20.8 Å². The minimum absolute atomic E-state index is 0.0833. The molecule has 5 saturated heterocycles. The van der Waals surface area contributed by atoms with Gasteiger partial charge in [0.25, 0.3) is 0 Å². The maximum atomic E-state index is 14.5. The summed E-state index contributed by atoms with van der Waals surface area (Å²) in [5.41, 5.74) is -3.47. The van der Waals surface area contributed by atoms with Crippen molar-refractivity contribution in [1.29, 1.82) is 0 Å². The van der Waals surface area contributed by atoms with Crippen molar-refractivity contribution in [1.82, 2.24) is 4.90 Å². The molecule has 0 bridgehead atoms. The molecule has 0 aliphatic carbocycles. The third kappa shape index (κ3) is 7.15. The molecule has 50 heavy (non-hydrogen) atoms. The molecule has 0 aromatic carbocycles. The zero-order valence-corrected chi connectivity index (χ0v) is 32.2. The first-order valence-corrected chi connectivity index (χ1v) is 18.8. The fourth-order valence-corrected chi connectivity index (χ4v) is 9.53. The molecule has 0 aromatic rings. The van der Waals surface area contributed by atoms with E-state index in [2.05, 4.69) is 25.8 Å². The first kappa shape index (κ1) is 40.2. The molecule has 290 valence electrons. The van der Waals surface area contributed by atoms with E-state index in [0.717, 1.165) is 6.42 Å². The fraction of sp³-hybridized carbons (Fsp3) is 0.973. The van der Waals surface area contributed by atoms with Crippen molar-refractivity contribution in [3.05, 3.63) is 0 Å². The molecule has 18 atom stereocenters. The Balaban J connectivity index is 1.55. The van der Waals surface area contributed by atoms with E-state index in [1.165, 1.54) is 6.92 Å². The molecule has 5 aliphatic heterocycles. The SMILES string of the molecule is CC[C@H]1OC(=O)[C@H]2[C@@H](OC23CC2(OC)OC2C(C)O3)[C@H](C)[C@@H](OC2CC(N(C)C(C)C)CC(C)O2)[C@@](C)(O)C[C@@H](C)[C@H](O)[C@H](C)[C@@H](O)[C@]1(C)O. The van der Waals surface area contributed by atoms with Crippen molar-refractivity contribution in [2.24, 2.45) is 23.7 Å². The molecule has 0 amide bonds. The smallest absolute Gasteiger partial charge is 0.317 e. The zero-order valence-electron chi connectivity index (χ0n) is 32.2. The number of aliphatic hydroxyl groups excluding tert-OH is 2. The van der Waals surface area contributed by atoms with E-state index in [9.17, 15) is 25.2 Å².